The zero-order valence-corrected chi connectivity index (χ0v) is 10.8. The van der Waals surface area contributed by atoms with Gasteiger partial charge in [-0.05, 0) is 30.7 Å². The molecule has 0 heterocycles. The van der Waals surface area contributed by atoms with Crippen LogP contribution in [0.25, 0.3) is 0 Å². The summed E-state index contributed by atoms with van der Waals surface area (Å²) in [6.07, 6.45) is 0.896. The van der Waals surface area contributed by atoms with Crippen LogP contribution in [-0.2, 0) is 0 Å². The minimum Gasteiger partial charge on any atom is -0.385 e. The first-order chi connectivity index (χ1) is 9.36. The summed E-state index contributed by atoms with van der Waals surface area (Å²) in [6, 6.07) is 19.3. The fraction of sp³-hybridized carbons (Fsp3) is 0.188. The van der Waals surface area contributed by atoms with Gasteiger partial charge in [0.2, 0.25) is 0 Å². The second kappa shape index (κ2) is 7.21. The smallest absolute Gasteiger partial charge is 0.251 e. The number of anilines is 1. The standard InChI is InChI=1S/C16H18N2O/c19-16(14-8-3-1-4-9-14)18-13-7-12-17-15-10-5-2-6-11-15/h1-6,8-11,17H,7,12-13H2,(H,18,19). The van der Waals surface area contributed by atoms with Crippen molar-refractivity contribution in [2.24, 2.45) is 0 Å². The van der Waals surface area contributed by atoms with Crippen LogP contribution < -0.4 is 10.6 Å². The lowest BCUT2D eigenvalue weighted by atomic mass is 10.2. The Bertz CT molecular complexity index is 497. The molecule has 2 aromatic rings. The maximum absolute atomic E-state index is 11.7. The largest absolute Gasteiger partial charge is 0.385 e. The third kappa shape index (κ3) is 4.47. The van der Waals surface area contributed by atoms with Crippen molar-refractivity contribution in [3.05, 3.63) is 66.2 Å². The van der Waals surface area contributed by atoms with Gasteiger partial charge < -0.3 is 10.6 Å². The van der Waals surface area contributed by atoms with E-state index in [2.05, 4.69) is 10.6 Å². The maximum Gasteiger partial charge on any atom is 0.251 e. The van der Waals surface area contributed by atoms with E-state index in [1.165, 1.54) is 0 Å². The van der Waals surface area contributed by atoms with Gasteiger partial charge in [0.15, 0.2) is 0 Å². The quantitative estimate of drug-likeness (QED) is 0.778. The van der Waals surface area contributed by atoms with Crippen molar-refractivity contribution < 1.29 is 4.79 Å². The highest BCUT2D eigenvalue weighted by molar-refractivity contribution is 5.94. The minimum atomic E-state index is -0.0136. The molecule has 0 aliphatic rings. The lowest BCUT2D eigenvalue weighted by Crippen LogP contribution is -2.25. The molecular formula is C16H18N2O. The van der Waals surface area contributed by atoms with Crippen LogP contribution in [0.4, 0.5) is 5.69 Å². The van der Waals surface area contributed by atoms with E-state index < -0.39 is 0 Å². The molecule has 3 heteroatoms. The van der Waals surface area contributed by atoms with Crippen LogP contribution >= 0.6 is 0 Å². The molecule has 19 heavy (non-hydrogen) atoms. The van der Waals surface area contributed by atoms with Crippen molar-refractivity contribution in [1.82, 2.24) is 5.32 Å². The molecule has 0 atom stereocenters. The minimum absolute atomic E-state index is 0.0136. The number of para-hydroxylation sites is 1. The third-order valence-corrected chi connectivity index (χ3v) is 2.78. The highest BCUT2D eigenvalue weighted by Gasteiger charge is 2.02. The van der Waals surface area contributed by atoms with E-state index in [1.807, 2.05) is 60.7 Å². The molecule has 1 amide bonds. The number of nitrogens with one attached hydrogen (secondary N) is 2. The molecule has 0 saturated carbocycles. The molecule has 0 spiro atoms. The molecular weight excluding hydrogens is 236 g/mol. The fourth-order valence-electron chi connectivity index (χ4n) is 1.77. The molecule has 0 aliphatic heterocycles. The highest BCUT2D eigenvalue weighted by Crippen LogP contribution is 2.04. The van der Waals surface area contributed by atoms with Crippen LogP contribution in [0.1, 0.15) is 16.8 Å². The zero-order chi connectivity index (χ0) is 13.3. The van der Waals surface area contributed by atoms with Gasteiger partial charge in [0.25, 0.3) is 5.91 Å². The molecule has 2 rings (SSSR count). The molecule has 0 aromatic heterocycles. The number of rotatable bonds is 6. The lowest BCUT2D eigenvalue weighted by molar-refractivity contribution is 0.0953. The number of amides is 1. The second-order valence-corrected chi connectivity index (χ2v) is 4.27. The normalized spacial score (nSPS) is 9.89. The van der Waals surface area contributed by atoms with Crippen LogP contribution in [0.5, 0.6) is 0 Å². The summed E-state index contributed by atoms with van der Waals surface area (Å²) in [5.41, 5.74) is 1.82. The van der Waals surface area contributed by atoms with Crippen LogP contribution in [0.2, 0.25) is 0 Å². The van der Waals surface area contributed by atoms with E-state index in [1.54, 1.807) is 0 Å². The van der Waals surface area contributed by atoms with Gasteiger partial charge in [-0.2, -0.15) is 0 Å². The van der Waals surface area contributed by atoms with E-state index in [4.69, 9.17) is 0 Å². The van der Waals surface area contributed by atoms with Gasteiger partial charge in [-0.25, -0.2) is 0 Å². The maximum atomic E-state index is 11.7. The van der Waals surface area contributed by atoms with Crippen molar-refractivity contribution in [2.75, 3.05) is 18.4 Å². The summed E-state index contributed by atoms with van der Waals surface area (Å²) in [7, 11) is 0. The van der Waals surface area contributed by atoms with E-state index in [0.29, 0.717) is 12.1 Å². The van der Waals surface area contributed by atoms with Crippen LogP contribution in [0.3, 0.4) is 0 Å². The summed E-state index contributed by atoms with van der Waals surface area (Å²) in [5, 5.41) is 6.21. The number of benzene rings is 2. The van der Waals surface area contributed by atoms with Crippen molar-refractivity contribution in [3.8, 4) is 0 Å². The summed E-state index contributed by atoms with van der Waals surface area (Å²) < 4.78 is 0. The van der Waals surface area contributed by atoms with Gasteiger partial charge in [-0.1, -0.05) is 36.4 Å². The molecule has 2 N–H and O–H groups in total. The Labute approximate surface area is 113 Å². The van der Waals surface area contributed by atoms with Crippen LogP contribution in [0.15, 0.2) is 60.7 Å². The Hall–Kier alpha value is -2.29. The van der Waals surface area contributed by atoms with Crippen molar-refractivity contribution in [2.45, 2.75) is 6.42 Å². The Balaban J connectivity index is 1.63. The average molecular weight is 254 g/mol. The molecule has 3 nitrogen and oxygen atoms in total. The predicted octanol–water partition coefficient (Wildman–Crippen LogP) is 2.92. The van der Waals surface area contributed by atoms with Gasteiger partial charge >= 0.3 is 0 Å². The van der Waals surface area contributed by atoms with Crippen LogP contribution in [-0.4, -0.2) is 19.0 Å². The van der Waals surface area contributed by atoms with Crippen molar-refractivity contribution >= 4 is 11.6 Å². The molecule has 0 unspecified atom stereocenters. The zero-order valence-electron chi connectivity index (χ0n) is 10.8. The van der Waals surface area contributed by atoms with E-state index >= 15 is 0 Å². The fourth-order valence-corrected chi connectivity index (χ4v) is 1.77. The van der Waals surface area contributed by atoms with E-state index in [-0.39, 0.29) is 5.91 Å². The lowest BCUT2D eigenvalue weighted by Gasteiger charge is -2.07. The molecule has 2 aromatic carbocycles. The van der Waals surface area contributed by atoms with Gasteiger partial charge in [0.1, 0.15) is 0 Å². The number of carbonyl (C=O) groups is 1. The number of hydrogen-bond acceptors (Lipinski definition) is 2. The van der Waals surface area contributed by atoms with Gasteiger partial charge in [0, 0.05) is 24.3 Å². The first-order valence-corrected chi connectivity index (χ1v) is 6.48. The van der Waals surface area contributed by atoms with Crippen molar-refractivity contribution in [1.29, 1.82) is 0 Å². The Morgan fingerprint density at radius 3 is 2.16 bits per heavy atom. The molecule has 0 saturated heterocycles. The van der Waals surface area contributed by atoms with Gasteiger partial charge in [-0.3, -0.25) is 4.79 Å². The SMILES string of the molecule is O=C(NCCCNc1ccccc1)c1ccccc1. The summed E-state index contributed by atoms with van der Waals surface area (Å²) in [5.74, 6) is -0.0136. The van der Waals surface area contributed by atoms with E-state index in [0.717, 1.165) is 18.7 Å². The Morgan fingerprint density at radius 1 is 0.842 bits per heavy atom. The van der Waals surface area contributed by atoms with Crippen molar-refractivity contribution in [3.63, 3.8) is 0 Å². The molecule has 98 valence electrons. The van der Waals surface area contributed by atoms with Gasteiger partial charge in [0.05, 0.1) is 0 Å². The summed E-state index contributed by atoms with van der Waals surface area (Å²) in [6.45, 7) is 1.52. The Morgan fingerprint density at radius 2 is 1.47 bits per heavy atom. The van der Waals surface area contributed by atoms with Crippen LogP contribution in [0, 0.1) is 0 Å². The third-order valence-electron chi connectivity index (χ3n) is 2.78. The molecule has 0 aliphatic carbocycles. The summed E-state index contributed by atoms with van der Waals surface area (Å²) in [4.78, 5) is 11.7. The topological polar surface area (TPSA) is 41.1 Å². The first-order valence-electron chi connectivity index (χ1n) is 6.48. The highest BCUT2D eigenvalue weighted by atomic mass is 16.1. The van der Waals surface area contributed by atoms with Gasteiger partial charge in [-0.15, -0.1) is 0 Å². The molecule has 0 radical (unpaired) electrons. The number of carbonyl (C=O) groups excluding carboxylic acids is 1. The number of hydrogen-bond donors (Lipinski definition) is 2. The predicted molar refractivity (Wildman–Crippen MR) is 78.3 cm³/mol. The van der Waals surface area contributed by atoms with E-state index in [9.17, 15) is 4.79 Å². The molecule has 0 fully saturated rings. The molecule has 0 bridgehead atoms. The second-order valence-electron chi connectivity index (χ2n) is 4.27. The monoisotopic (exact) mass is 254 g/mol. The Kier molecular flexibility index (Phi) is 4.99. The summed E-state index contributed by atoms with van der Waals surface area (Å²) >= 11 is 0. The average Bonchev–Trinajstić information content (AvgIpc) is 2.49. The first kappa shape index (κ1) is 13.1.